The van der Waals surface area contributed by atoms with E-state index < -0.39 is 0 Å². The van der Waals surface area contributed by atoms with Crippen molar-refractivity contribution in [3.05, 3.63) is 29.8 Å². The number of carbonyl (C=O) groups excluding carboxylic acids is 1. The highest BCUT2D eigenvalue weighted by atomic mass is 16.5. The Morgan fingerprint density at radius 2 is 2.00 bits per heavy atom. The second-order valence-corrected chi connectivity index (χ2v) is 7.40. The van der Waals surface area contributed by atoms with Gasteiger partial charge in [-0.25, -0.2) is 0 Å². The first kappa shape index (κ1) is 22.0. The number of nitrogens with zero attached hydrogens (tertiary/aromatic N) is 1. The van der Waals surface area contributed by atoms with Crippen molar-refractivity contribution in [1.29, 1.82) is 0 Å². The van der Waals surface area contributed by atoms with Gasteiger partial charge in [-0.2, -0.15) is 0 Å². The van der Waals surface area contributed by atoms with E-state index in [-0.39, 0.29) is 17.4 Å². The van der Waals surface area contributed by atoms with Crippen molar-refractivity contribution >= 4 is 17.6 Å². The number of nitrogens with one attached hydrogen (secondary N) is 3. The van der Waals surface area contributed by atoms with Crippen LogP contribution in [0.25, 0.3) is 0 Å². The number of amides is 1. The van der Waals surface area contributed by atoms with Crippen molar-refractivity contribution < 1.29 is 9.53 Å². The highest BCUT2D eigenvalue weighted by Crippen LogP contribution is 2.20. The fourth-order valence-corrected chi connectivity index (χ4v) is 2.55. The summed E-state index contributed by atoms with van der Waals surface area (Å²) in [5.74, 6) is 0.764. The zero-order valence-corrected chi connectivity index (χ0v) is 17.0. The lowest BCUT2D eigenvalue weighted by Gasteiger charge is -2.30. The zero-order valence-electron chi connectivity index (χ0n) is 17.0. The number of methoxy groups -OCH3 is 1. The number of ether oxygens (including phenoxy) is 1. The Kier molecular flexibility index (Phi) is 9.13. The Labute approximate surface area is 157 Å². The van der Waals surface area contributed by atoms with Crippen LogP contribution in [0.1, 0.15) is 46.1 Å². The molecule has 6 nitrogen and oxygen atoms in total. The molecule has 1 aromatic carbocycles. The van der Waals surface area contributed by atoms with Gasteiger partial charge in [0.1, 0.15) is 0 Å². The average Bonchev–Trinajstić information content (AvgIpc) is 2.57. The molecule has 6 heteroatoms. The maximum atomic E-state index is 11.7. The molecule has 0 saturated heterocycles. The quantitative estimate of drug-likeness (QED) is 0.490. The van der Waals surface area contributed by atoms with Gasteiger partial charge < -0.3 is 20.7 Å². The SMILES string of the molecule is CCCC(=O)Nc1cccc(CNC(=NC)NCC(OC)C(C)(C)C)c1. The molecule has 0 spiro atoms. The van der Waals surface area contributed by atoms with Crippen LogP contribution in [-0.2, 0) is 16.1 Å². The molecule has 0 aliphatic carbocycles. The summed E-state index contributed by atoms with van der Waals surface area (Å²) >= 11 is 0. The molecule has 26 heavy (non-hydrogen) atoms. The summed E-state index contributed by atoms with van der Waals surface area (Å²) in [7, 11) is 3.47. The molecule has 1 atom stereocenters. The van der Waals surface area contributed by atoms with Crippen LogP contribution in [0.5, 0.6) is 0 Å². The first-order valence-electron chi connectivity index (χ1n) is 9.16. The van der Waals surface area contributed by atoms with Crippen LogP contribution >= 0.6 is 0 Å². The topological polar surface area (TPSA) is 74.8 Å². The Hall–Kier alpha value is -2.08. The van der Waals surface area contributed by atoms with Gasteiger partial charge in [0.2, 0.25) is 5.91 Å². The molecule has 0 aliphatic heterocycles. The lowest BCUT2D eigenvalue weighted by Crippen LogP contribution is -2.45. The minimum absolute atomic E-state index is 0.0443. The van der Waals surface area contributed by atoms with E-state index in [4.69, 9.17) is 4.74 Å². The number of benzene rings is 1. The molecular formula is C20H34N4O2. The first-order chi connectivity index (χ1) is 12.3. The van der Waals surface area contributed by atoms with Crippen LogP contribution < -0.4 is 16.0 Å². The summed E-state index contributed by atoms with van der Waals surface area (Å²) in [5, 5.41) is 9.52. The summed E-state index contributed by atoms with van der Waals surface area (Å²) in [6.07, 6.45) is 1.46. The second-order valence-electron chi connectivity index (χ2n) is 7.40. The predicted molar refractivity (Wildman–Crippen MR) is 108 cm³/mol. The third-order valence-corrected chi connectivity index (χ3v) is 4.08. The minimum atomic E-state index is 0.0443. The minimum Gasteiger partial charge on any atom is -0.379 e. The fourth-order valence-electron chi connectivity index (χ4n) is 2.55. The first-order valence-corrected chi connectivity index (χ1v) is 9.16. The molecule has 0 aliphatic rings. The number of aliphatic imine (C=N–C) groups is 1. The number of hydrogen-bond donors (Lipinski definition) is 3. The Morgan fingerprint density at radius 3 is 2.58 bits per heavy atom. The number of rotatable bonds is 8. The summed E-state index contributed by atoms with van der Waals surface area (Å²) in [6, 6.07) is 7.83. The van der Waals surface area contributed by atoms with E-state index in [1.165, 1.54) is 0 Å². The third-order valence-electron chi connectivity index (χ3n) is 4.08. The molecule has 146 valence electrons. The van der Waals surface area contributed by atoms with E-state index in [9.17, 15) is 4.79 Å². The van der Waals surface area contributed by atoms with Gasteiger partial charge in [0.25, 0.3) is 0 Å². The summed E-state index contributed by atoms with van der Waals surface area (Å²) in [5.41, 5.74) is 1.94. The van der Waals surface area contributed by atoms with Gasteiger partial charge in [0.15, 0.2) is 5.96 Å². The molecule has 1 unspecified atom stereocenters. The van der Waals surface area contributed by atoms with Crippen LogP contribution in [0.4, 0.5) is 5.69 Å². The lowest BCUT2D eigenvalue weighted by molar-refractivity contribution is -0.116. The summed E-state index contributed by atoms with van der Waals surface area (Å²) < 4.78 is 5.56. The molecule has 0 radical (unpaired) electrons. The van der Waals surface area contributed by atoms with Gasteiger partial charge in [-0.1, -0.05) is 39.8 Å². The lowest BCUT2D eigenvalue weighted by atomic mass is 9.89. The Bertz CT molecular complexity index is 594. The van der Waals surface area contributed by atoms with Crippen LogP contribution in [0.2, 0.25) is 0 Å². The maximum Gasteiger partial charge on any atom is 0.224 e. The Morgan fingerprint density at radius 1 is 1.27 bits per heavy atom. The zero-order chi connectivity index (χ0) is 19.6. The molecule has 0 aromatic heterocycles. The van der Waals surface area contributed by atoms with Gasteiger partial charge in [-0.15, -0.1) is 0 Å². The molecule has 0 bridgehead atoms. The van der Waals surface area contributed by atoms with Gasteiger partial charge in [0.05, 0.1) is 6.10 Å². The standard InChI is InChI=1S/C20H34N4O2/c1-7-9-18(25)24-16-11-8-10-15(12-16)13-22-19(21-5)23-14-17(26-6)20(2,3)4/h8,10-12,17H,7,9,13-14H2,1-6H3,(H,24,25)(H2,21,22,23). The van der Waals surface area contributed by atoms with Crippen molar-refractivity contribution in [2.45, 2.75) is 53.2 Å². The molecule has 3 N–H and O–H groups in total. The van der Waals surface area contributed by atoms with Gasteiger partial charge >= 0.3 is 0 Å². The third kappa shape index (κ3) is 7.87. The number of hydrogen-bond acceptors (Lipinski definition) is 3. The van der Waals surface area contributed by atoms with Crippen LogP contribution in [-0.4, -0.2) is 38.7 Å². The molecule has 0 saturated carbocycles. The molecule has 1 amide bonds. The van der Waals surface area contributed by atoms with E-state index in [0.717, 1.165) is 23.6 Å². The van der Waals surface area contributed by atoms with Crippen LogP contribution in [0, 0.1) is 5.41 Å². The maximum absolute atomic E-state index is 11.7. The fraction of sp³-hybridized carbons (Fsp3) is 0.600. The predicted octanol–water partition coefficient (Wildman–Crippen LogP) is 3.15. The number of guanidine groups is 1. The van der Waals surface area contributed by atoms with Gasteiger partial charge in [-0.3, -0.25) is 9.79 Å². The number of carbonyl (C=O) groups is 1. The molecule has 0 fully saturated rings. The molecule has 0 heterocycles. The van der Waals surface area contributed by atoms with Crippen molar-refractivity contribution in [3.8, 4) is 0 Å². The average molecular weight is 363 g/mol. The van der Waals surface area contributed by atoms with Crippen molar-refractivity contribution in [3.63, 3.8) is 0 Å². The van der Waals surface area contributed by atoms with E-state index in [1.54, 1.807) is 14.2 Å². The normalized spacial score (nSPS) is 13.2. The van der Waals surface area contributed by atoms with E-state index >= 15 is 0 Å². The van der Waals surface area contributed by atoms with Gasteiger partial charge in [0, 0.05) is 39.4 Å². The van der Waals surface area contributed by atoms with E-state index in [2.05, 4.69) is 41.7 Å². The Balaban J connectivity index is 2.57. The molecule has 1 aromatic rings. The highest BCUT2D eigenvalue weighted by molar-refractivity contribution is 5.90. The largest absolute Gasteiger partial charge is 0.379 e. The monoisotopic (exact) mass is 362 g/mol. The van der Waals surface area contributed by atoms with Crippen molar-refractivity contribution in [2.24, 2.45) is 10.4 Å². The number of anilines is 1. The molecule has 1 rings (SSSR count). The van der Waals surface area contributed by atoms with E-state index in [0.29, 0.717) is 19.5 Å². The second kappa shape index (κ2) is 10.8. The molecular weight excluding hydrogens is 328 g/mol. The highest BCUT2D eigenvalue weighted by Gasteiger charge is 2.24. The van der Waals surface area contributed by atoms with Crippen LogP contribution in [0.15, 0.2) is 29.3 Å². The van der Waals surface area contributed by atoms with Crippen molar-refractivity contribution in [1.82, 2.24) is 10.6 Å². The smallest absolute Gasteiger partial charge is 0.224 e. The van der Waals surface area contributed by atoms with Crippen molar-refractivity contribution in [2.75, 3.05) is 26.0 Å². The summed E-state index contributed by atoms with van der Waals surface area (Å²) in [4.78, 5) is 16.0. The van der Waals surface area contributed by atoms with Crippen LogP contribution in [0.3, 0.4) is 0 Å². The van der Waals surface area contributed by atoms with E-state index in [1.807, 2.05) is 31.2 Å². The van der Waals surface area contributed by atoms with Gasteiger partial charge in [-0.05, 0) is 29.5 Å². The summed E-state index contributed by atoms with van der Waals surface area (Å²) in [6.45, 7) is 9.73.